The van der Waals surface area contributed by atoms with Crippen LogP contribution in [-0.4, -0.2) is 25.3 Å². The molecule has 0 spiro atoms. The fraction of sp³-hybridized carbons (Fsp3) is 0.421. The summed E-state index contributed by atoms with van der Waals surface area (Å²) in [6.07, 6.45) is 5.79. The zero-order valence-corrected chi connectivity index (χ0v) is 15.5. The average Bonchev–Trinajstić information content (AvgIpc) is 3.31. The monoisotopic (exact) mass is 359 g/mol. The second-order valence-electron chi connectivity index (χ2n) is 6.70. The zero-order valence-electron chi connectivity index (χ0n) is 13.9. The minimum Gasteiger partial charge on any atom is -0.320 e. The van der Waals surface area contributed by atoms with Crippen molar-refractivity contribution < 1.29 is 9.69 Å². The molecule has 3 nitrogen and oxygen atoms in total. The van der Waals surface area contributed by atoms with Gasteiger partial charge in [0.05, 0.1) is 12.2 Å². The van der Waals surface area contributed by atoms with Crippen molar-refractivity contribution in [1.29, 1.82) is 0 Å². The number of carbonyl (C=O) groups excluding carboxylic acids is 1. The Hall–Kier alpha value is -1.30. The van der Waals surface area contributed by atoms with E-state index in [-0.39, 0.29) is 5.91 Å². The van der Waals surface area contributed by atoms with Crippen molar-refractivity contribution in [2.24, 2.45) is 5.92 Å². The second-order valence-corrected chi connectivity index (χ2v) is 8.55. The molecule has 1 fully saturated rings. The smallest absolute Gasteiger partial charge is 0.279 e. The van der Waals surface area contributed by atoms with E-state index in [1.54, 1.807) is 16.6 Å². The van der Waals surface area contributed by atoms with Crippen LogP contribution in [0.25, 0.3) is 0 Å². The number of para-hydroxylation sites is 1. The van der Waals surface area contributed by atoms with Crippen LogP contribution in [0.1, 0.15) is 29.3 Å². The van der Waals surface area contributed by atoms with E-state index < -0.39 is 0 Å². The molecular weight excluding hydrogens is 336 g/mol. The van der Waals surface area contributed by atoms with Gasteiger partial charge in [-0.25, -0.2) is 0 Å². The summed E-state index contributed by atoms with van der Waals surface area (Å²) in [5, 5.41) is 5.35. The van der Waals surface area contributed by atoms with E-state index in [4.69, 9.17) is 0 Å². The topological polar surface area (TPSA) is 33.5 Å². The number of quaternary nitrogens is 1. The SMILES string of the molecule is CSc1ccccc1NC(=O)C[NH+]1CCc2sccc2[C@@H]1C1CC1. The normalized spacial score (nSPS) is 22.9. The van der Waals surface area contributed by atoms with Gasteiger partial charge in [-0.15, -0.1) is 23.1 Å². The number of carbonyl (C=O) groups is 1. The van der Waals surface area contributed by atoms with E-state index in [1.165, 1.54) is 23.3 Å². The molecule has 4 rings (SSSR count). The molecule has 1 aliphatic heterocycles. The second kappa shape index (κ2) is 6.90. The first-order valence-corrected chi connectivity index (χ1v) is 10.7. The molecule has 2 N–H and O–H groups in total. The number of fused-ring (bicyclic) bond motifs is 1. The fourth-order valence-electron chi connectivity index (χ4n) is 3.84. The van der Waals surface area contributed by atoms with Crippen LogP contribution in [-0.2, 0) is 11.2 Å². The first-order valence-electron chi connectivity index (χ1n) is 8.60. The third-order valence-corrected chi connectivity index (χ3v) is 6.88. The molecule has 1 unspecified atom stereocenters. The number of benzene rings is 1. The molecule has 2 aromatic rings. The lowest BCUT2D eigenvalue weighted by Gasteiger charge is -2.32. The van der Waals surface area contributed by atoms with Crippen LogP contribution in [0.15, 0.2) is 40.6 Å². The number of amides is 1. The van der Waals surface area contributed by atoms with Gasteiger partial charge in [-0.05, 0) is 42.7 Å². The summed E-state index contributed by atoms with van der Waals surface area (Å²) in [7, 11) is 0. The van der Waals surface area contributed by atoms with E-state index in [2.05, 4.69) is 22.8 Å². The molecule has 0 radical (unpaired) electrons. The van der Waals surface area contributed by atoms with Gasteiger partial charge in [-0.1, -0.05) is 12.1 Å². The van der Waals surface area contributed by atoms with E-state index in [0.29, 0.717) is 12.6 Å². The Morgan fingerprint density at radius 3 is 2.96 bits per heavy atom. The molecule has 0 saturated heterocycles. The number of nitrogens with one attached hydrogen (secondary N) is 2. The number of thiophene rings is 1. The highest BCUT2D eigenvalue weighted by Crippen LogP contribution is 2.42. The fourth-order valence-corrected chi connectivity index (χ4v) is 5.33. The summed E-state index contributed by atoms with van der Waals surface area (Å²) in [6, 6.07) is 10.9. The molecule has 2 aliphatic rings. The van der Waals surface area contributed by atoms with Crippen LogP contribution in [0, 0.1) is 5.92 Å². The summed E-state index contributed by atoms with van der Waals surface area (Å²) in [6.45, 7) is 1.64. The van der Waals surface area contributed by atoms with Crippen molar-refractivity contribution in [1.82, 2.24) is 0 Å². The van der Waals surface area contributed by atoms with Crippen LogP contribution in [0.4, 0.5) is 5.69 Å². The van der Waals surface area contributed by atoms with Gasteiger partial charge in [0.2, 0.25) is 0 Å². The highest BCUT2D eigenvalue weighted by molar-refractivity contribution is 7.98. The highest BCUT2D eigenvalue weighted by atomic mass is 32.2. The van der Waals surface area contributed by atoms with Crippen LogP contribution in [0.3, 0.4) is 0 Å². The van der Waals surface area contributed by atoms with Crippen LogP contribution in [0.5, 0.6) is 0 Å². The lowest BCUT2D eigenvalue weighted by atomic mass is 9.96. The molecule has 1 saturated carbocycles. The maximum Gasteiger partial charge on any atom is 0.279 e. The van der Waals surface area contributed by atoms with Crippen molar-refractivity contribution in [2.45, 2.75) is 30.2 Å². The van der Waals surface area contributed by atoms with Gasteiger partial charge in [0, 0.05) is 27.7 Å². The maximum absolute atomic E-state index is 12.6. The molecule has 126 valence electrons. The molecule has 2 heterocycles. The van der Waals surface area contributed by atoms with Gasteiger partial charge in [-0.2, -0.15) is 0 Å². The van der Waals surface area contributed by atoms with Gasteiger partial charge in [-0.3, -0.25) is 4.79 Å². The molecule has 1 aromatic heterocycles. The van der Waals surface area contributed by atoms with Crippen molar-refractivity contribution in [3.63, 3.8) is 0 Å². The Kier molecular flexibility index (Phi) is 4.66. The molecule has 1 aliphatic carbocycles. The Labute approximate surface area is 151 Å². The van der Waals surface area contributed by atoms with Crippen molar-refractivity contribution in [3.05, 3.63) is 46.2 Å². The third-order valence-electron chi connectivity index (χ3n) is 5.09. The van der Waals surface area contributed by atoms with Crippen molar-refractivity contribution in [3.8, 4) is 0 Å². The number of anilines is 1. The van der Waals surface area contributed by atoms with E-state index >= 15 is 0 Å². The number of thioether (sulfide) groups is 1. The highest BCUT2D eigenvalue weighted by Gasteiger charge is 2.43. The van der Waals surface area contributed by atoms with Gasteiger partial charge in [0.1, 0.15) is 6.04 Å². The predicted molar refractivity (Wildman–Crippen MR) is 101 cm³/mol. The van der Waals surface area contributed by atoms with Gasteiger partial charge >= 0.3 is 0 Å². The Bertz CT molecular complexity index is 738. The van der Waals surface area contributed by atoms with Crippen molar-refractivity contribution >= 4 is 34.7 Å². The first-order chi connectivity index (χ1) is 11.8. The summed E-state index contributed by atoms with van der Waals surface area (Å²) in [5.41, 5.74) is 2.45. The summed E-state index contributed by atoms with van der Waals surface area (Å²) in [5.74, 6) is 0.913. The predicted octanol–water partition coefficient (Wildman–Crippen LogP) is 3.00. The van der Waals surface area contributed by atoms with Gasteiger partial charge in [0.15, 0.2) is 6.54 Å². The van der Waals surface area contributed by atoms with Crippen molar-refractivity contribution in [2.75, 3.05) is 24.7 Å². The number of rotatable bonds is 5. The average molecular weight is 360 g/mol. The largest absolute Gasteiger partial charge is 0.320 e. The molecule has 1 aromatic carbocycles. The molecule has 1 amide bonds. The van der Waals surface area contributed by atoms with Crippen LogP contribution < -0.4 is 10.2 Å². The maximum atomic E-state index is 12.6. The molecule has 5 heteroatoms. The van der Waals surface area contributed by atoms with Crippen LogP contribution >= 0.6 is 23.1 Å². The standard InChI is InChI=1S/C19H22N2OS2/c1-23-17-5-3-2-4-15(17)20-18(22)12-21-10-8-16-14(9-11-24-16)19(21)13-6-7-13/h2-5,9,11,13,19H,6-8,10,12H2,1H3,(H,20,22)/p+1/t19-/m0/s1. The number of hydrogen-bond acceptors (Lipinski definition) is 3. The lowest BCUT2D eigenvalue weighted by molar-refractivity contribution is -0.928. The molecule has 0 bridgehead atoms. The minimum absolute atomic E-state index is 0.135. The van der Waals surface area contributed by atoms with Gasteiger partial charge < -0.3 is 10.2 Å². The van der Waals surface area contributed by atoms with Gasteiger partial charge in [0.25, 0.3) is 5.91 Å². The molecule has 2 atom stereocenters. The molecule has 24 heavy (non-hydrogen) atoms. The first kappa shape index (κ1) is 16.2. The van der Waals surface area contributed by atoms with Crippen LogP contribution in [0.2, 0.25) is 0 Å². The summed E-state index contributed by atoms with van der Waals surface area (Å²) >= 11 is 3.56. The Morgan fingerprint density at radius 2 is 2.17 bits per heavy atom. The Balaban J connectivity index is 1.47. The molecular formula is C19H23N2OS2+. The van der Waals surface area contributed by atoms with E-state index in [0.717, 1.165) is 29.5 Å². The summed E-state index contributed by atoms with van der Waals surface area (Å²) in [4.78, 5) is 16.8. The third kappa shape index (κ3) is 3.25. The Morgan fingerprint density at radius 1 is 1.33 bits per heavy atom. The van der Waals surface area contributed by atoms with E-state index in [1.807, 2.05) is 35.8 Å². The lowest BCUT2D eigenvalue weighted by Crippen LogP contribution is -3.14. The quantitative estimate of drug-likeness (QED) is 0.805. The zero-order chi connectivity index (χ0) is 16.5. The summed E-state index contributed by atoms with van der Waals surface area (Å²) < 4.78 is 0. The van der Waals surface area contributed by atoms with E-state index in [9.17, 15) is 4.79 Å². The minimum atomic E-state index is 0.135. The number of hydrogen-bond donors (Lipinski definition) is 2.